The lowest BCUT2D eigenvalue weighted by Gasteiger charge is -2.34. The zero-order chi connectivity index (χ0) is 16.5. The summed E-state index contributed by atoms with van der Waals surface area (Å²) in [6.45, 7) is 6.30. The van der Waals surface area contributed by atoms with Gasteiger partial charge >= 0.3 is 0 Å². The van der Waals surface area contributed by atoms with Crippen LogP contribution in [0.15, 0.2) is 0 Å². The average molecular weight is 343 g/mol. The number of nitrogens with one attached hydrogen (secondary N) is 1. The molecule has 7 heteroatoms. The van der Waals surface area contributed by atoms with Crippen molar-refractivity contribution in [2.45, 2.75) is 19.3 Å². The summed E-state index contributed by atoms with van der Waals surface area (Å²) in [6, 6.07) is 0. The highest BCUT2D eigenvalue weighted by atomic mass is 32.2. The Morgan fingerprint density at radius 3 is 2.87 bits per heavy atom. The second-order valence-corrected chi connectivity index (χ2v) is 7.15. The predicted molar refractivity (Wildman–Crippen MR) is 92.6 cm³/mol. The van der Waals surface area contributed by atoms with Crippen molar-refractivity contribution in [1.82, 2.24) is 15.1 Å². The third-order valence-corrected chi connectivity index (χ3v) is 5.18. The van der Waals surface area contributed by atoms with E-state index in [1.165, 1.54) is 0 Å². The number of amides is 2. The van der Waals surface area contributed by atoms with Crippen LogP contribution in [-0.2, 0) is 14.3 Å². The molecule has 0 aromatic carbocycles. The van der Waals surface area contributed by atoms with Gasteiger partial charge in [0.25, 0.3) is 0 Å². The summed E-state index contributed by atoms with van der Waals surface area (Å²) in [5.41, 5.74) is 0. The maximum absolute atomic E-state index is 12.2. The first-order valence-electron chi connectivity index (χ1n) is 8.55. The summed E-state index contributed by atoms with van der Waals surface area (Å²) in [7, 11) is 0. The number of carbonyl (C=O) groups excluding carboxylic acids is 2. The molecule has 0 aliphatic carbocycles. The number of hydrogen-bond acceptors (Lipinski definition) is 5. The zero-order valence-electron chi connectivity index (χ0n) is 14.1. The fraction of sp³-hybridized carbons (Fsp3) is 0.875. The van der Waals surface area contributed by atoms with Gasteiger partial charge in [-0.15, -0.1) is 0 Å². The summed E-state index contributed by atoms with van der Waals surface area (Å²) < 4.78 is 5.34. The van der Waals surface area contributed by atoms with Gasteiger partial charge < -0.3 is 15.0 Å². The van der Waals surface area contributed by atoms with E-state index in [0.29, 0.717) is 19.4 Å². The van der Waals surface area contributed by atoms with E-state index in [4.69, 9.17) is 4.74 Å². The third kappa shape index (κ3) is 6.31. The molecule has 0 saturated carbocycles. The lowest BCUT2D eigenvalue weighted by molar-refractivity contribution is -0.138. The van der Waals surface area contributed by atoms with Crippen molar-refractivity contribution >= 4 is 23.6 Å². The Labute approximate surface area is 143 Å². The van der Waals surface area contributed by atoms with Crippen LogP contribution >= 0.6 is 11.8 Å². The van der Waals surface area contributed by atoms with Crippen molar-refractivity contribution < 1.29 is 14.3 Å². The number of likely N-dealkylation sites (tertiary alicyclic amines) is 1. The molecule has 0 unspecified atom stereocenters. The molecule has 0 aromatic rings. The molecule has 6 nitrogen and oxygen atoms in total. The van der Waals surface area contributed by atoms with Crippen molar-refractivity contribution in [2.24, 2.45) is 5.92 Å². The van der Waals surface area contributed by atoms with Crippen LogP contribution in [0.3, 0.4) is 0 Å². The van der Waals surface area contributed by atoms with Crippen molar-refractivity contribution in [3.05, 3.63) is 0 Å². The maximum Gasteiger partial charge on any atom is 0.224 e. The van der Waals surface area contributed by atoms with Gasteiger partial charge in [0, 0.05) is 45.7 Å². The second-order valence-electron chi connectivity index (χ2n) is 6.17. The van der Waals surface area contributed by atoms with Crippen LogP contribution in [0, 0.1) is 5.92 Å². The van der Waals surface area contributed by atoms with Crippen LogP contribution in [0.5, 0.6) is 0 Å². The van der Waals surface area contributed by atoms with Crippen LogP contribution in [0.1, 0.15) is 19.3 Å². The van der Waals surface area contributed by atoms with Crippen LogP contribution < -0.4 is 5.32 Å². The largest absolute Gasteiger partial charge is 0.379 e. The van der Waals surface area contributed by atoms with Crippen LogP contribution in [0.2, 0.25) is 0 Å². The first kappa shape index (κ1) is 18.5. The minimum Gasteiger partial charge on any atom is -0.379 e. The van der Waals surface area contributed by atoms with Gasteiger partial charge in [-0.1, -0.05) is 0 Å². The molecule has 1 atom stereocenters. The van der Waals surface area contributed by atoms with E-state index in [1.54, 1.807) is 11.8 Å². The fourth-order valence-corrected chi connectivity index (χ4v) is 3.44. The number of thioether (sulfide) groups is 1. The number of rotatable bonds is 8. The molecule has 2 fully saturated rings. The Morgan fingerprint density at radius 1 is 1.35 bits per heavy atom. The van der Waals surface area contributed by atoms with Crippen LogP contribution in [0.25, 0.3) is 0 Å². The lowest BCUT2D eigenvalue weighted by Crippen LogP contribution is -2.49. The van der Waals surface area contributed by atoms with Gasteiger partial charge in [-0.3, -0.25) is 14.5 Å². The molecule has 2 rings (SSSR count). The summed E-state index contributed by atoms with van der Waals surface area (Å²) in [6.07, 6.45) is 4.24. The molecule has 0 radical (unpaired) electrons. The van der Waals surface area contributed by atoms with Gasteiger partial charge in [-0.05, 0) is 24.9 Å². The smallest absolute Gasteiger partial charge is 0.224 e. The van der Waals surface area contributed by atoms with Crippen LogP contribution in [-0.4, -0.2) is 86.1 Å². The Hall–Kier alpha value is -0.790. The zero-order valence-corrected chi connectivity index (χ0v) is 14.9. The summed E-state index contributed by atoms with van der Waals surface area (Å²) in [4.78, 5) is 28.5. The number of carbonyl (C=O) groups is 2. The Morgan fingerprint density at radius 2 is 2.13 bits per heavy atom. The number of ether oxygens (including phenoxy) is 1. The fourth-order valence-electron chi connectivity index (χ4n) is 3.00. The molecule has 0 bridgehead atoms. The molecule has 0 spiro atoms. The third-order valence-electron chi connectivity index (χ3n) is 4.49. The first-order chi connectivity index (χ1) is 11.2. The van der Waals surface area contributed by atoms with E-state index in [2.05, 4.69) is 16.5 Å². The van der Waals surface area contributed by atoms with Gasteiger partial charge in [-0.25, -0.2) is 0 Å². The summed E-state index contributed by atoms with van der Waals surface area (Å²) in [5.74, 6) is 1.31. The summed E-state index contributed by atoms with van der Waals surface area (Å²) in [5, 5.41) is 3.01. The lowest BCUT2D eigenvalue weighted by atomic mass is 9.96. The molecule has 132 valence electrons. The standard InChI is InChI=1S/C16H29N3O3S/c1-23-12-2-5-17-16(21)14-3-4-15(20)19(13-14)7-6-18-8-10-22-11-9-18/h14H,2-13H2,1H3,(H,17,21)/t14-/m1/s1. The first-order valence-corrected chi connectivity index (χ1v) is 9.94. The molecular formula is C16H29N3O3S. The Bertz CT molecular complexity index is 389. The normalized spacial score (nSPS) is 23.1. The molecule has 2 saturated heterocycles. The molecule has 23 heavy (non-hydrogen) atoms. The highest BCUT2D eigenvalue weighted by Crippen LogP contribution is 2.18. The molecule has 2 aliphatic heterocycles. The number of piperidine rings is 1. The van der Waals surface area contributed by atoms with E-state index in [0.717, 1.165) is 58.1 Å². The minimum absolute atomic E-state index is 0.0494. The van der Waals surface area contributed by atoms with Crippen molar-refractivity contribution in [2.75, 3.05) is 64.5 Å². The quantitative estimate of drug-likeness (QED) is 0.648. The number of hydrogen-bond donors (Lipinski definition) is 1. The summed E-state index contributed by atoms with van der Waals surface area (Å²) >= 11 is 1.79. The van der Waals surface area contributed by atoms with Crippen molar-refractivity contribution in [3.63, 3.8) is 0 Å². The van der Waals surface area contributed by atoms with Gasteiger partial charge in [0.2, 0.25) is 11.8 Å². The monoisotopic (exact) mass is 343 g/mol. The van der Waals surface area contributed by atoms with E-state index >= 15 is 0 Å². The van der Waals surface area contributed by atoms with Crippen LogP contribution in [0.4, 0.5) is 0 Å². The molecule has 1 N–H and O–H groups in total. The van der Waals surface area contributed by atoms with E-state index in [1.807, 2.05) is 4.90 Å². The van der Waals surface area contributed by atoms with Crippen molar-refractivity contribution in [1.29, 1.82) is 0 Å². The Kier molecular flexibility index (Phi) is 8.19. The Balaban J connectivity index is 1.72. The molecule has 0 aromatic heterocycles. The average Bonchev–Trinajstić information content (AvgIpc) is 2.58. The second kappa shape index (κ2) is 10.2. The van der Waals surface area contributed by atoms with Crippen molar-refractivity contribution in [3.8, 4) is 0 Å². The van der Waals surface area contributed by atoms with Gasteiger partial charge in [-0.2, -0.15) is 11.8 Å². The molecular weight excluding hydrogens is 314 g/mol. The maximum atomic E-state index is 12.2. The molecule has 2 heterocycles. The predicted octanol–water partition coefficient (Wildman–Crippen LogP) is 0.427. The van der Waals surface area contributed by atoms with Gasteiger partial charge in [0.05, 0.1) is 19.1 Å². The van der Waals surface area contributed by atoms with Gasteiger partial charge in [0.1, 0.15) is 0 Å². The SMILES string of the molecule is CSCCCNC(=O)[C@@H]1CCC(=O)N(CCN2CCOCC2)C1. The number of morpholine rings is 1. The number of nitrogens with zero attached hydrogens (tertiary/aromatic N) is 2. The van der Waals surface area contributed by atoms with Gasteiger partial charge in [0.15, 0.2) is 0 Å². The minimum atomic E-state index is -0.0494. The molecule has 2 aliphatic rings. The topological polar surface area (TPSA) is 61.9 Å². The highest BCUT2D eigenvalue weighted by molar-refractivity contribution is 7.98. The highest BCUT2D eigenvalue weighted by Gasteiger charge is 2.30. The molecule has 2 amide bonds. The van der Waals surface area contributed by atoms with E-state index in [9.17, 15) is 9.59 Å². The van der Waals surface area contributed by atoms with E-state index < -0.39 is 0 Å². The van der Waals surface area contributed by atoms with E-state index in [-0.39, 0.29) is 17.7 Å².